The lowest BCUT2D eigenvalue weighted by Gasteiger charge is -2.28. The molecule has 4 heteroatoms. The Bertz CT molecular complexity index is 438. The van der Waals surface area contributed by atoms with Gasteiger partial charge in [-0.05, 0) is 30.5 Å². The lowest BCUT2D eigenvalue weighted by Crippen LogP contribution is -2.30. The van der Waals surface area contributed by atoms with Crippen LogP contribution < -0.4 is 0 Å². The van der Waals surface area contributed by atoms with E-state index in [1.165, 1.54) is 6.42 Å². The molecular formula is C14H15ClO3. The highest BCUT2D eigenvalue weighted by molar-refractivity contribution is 6.67. The van der Waals surface area contributed by atoms with Gasteiger partial charge in [-0.1, -0.05) is 31.4 Å². The third-order valence-corrected chi connectivity index (χ3v) is 3.56. The molecule has 2 aliphatic rings. The Morgan fingerprint density at radius 1 is 1.33 bits per heavy atom. The molecule has 3 nitrogen and oxygen atoms in total. The number of allylic oxidation sites excluding steroid dienone is 2. The Labute approximate surface area is 111 Å². The van der Waals surface area contributed by atoms with Crippen molar-refractivity contribution >= 4 is 22.8 Å². The summed E-state index contributed by atoms with van der Waals surface area (Å²) in [4.78, 5) is 22.3. The van der Waals surface area contributed by atoms with Crippen LogP contribution in [0.5, 0.6) is 0 Å². The molecule has 1 unspecified atom stereocenters. The quantitative estimate of drug-likeness (QED) is 0.583. The second-order valence-corrected chi connectivity index (χ2v) is 4.93. The van der Waals surface area contributed by atoms with E-state index in [2.05, 4.69) is 0 Å². The summed E-state index contributed by atoms with van der Waals surface area (Å²) in [6.07, 6.45) is 9.69. The highest BCUT2D eigenvalue weighted by atomic mass is 35.5. The van der Waals surface area contributed by atoms with Gasteiger partial charge in [-0.3, -0.25) is 4.79 Å². The predicted molar refractivity (Wildman–Crippen MR) is 69.0 cm³/mol. The Morgan fingerprint density at radius 3 is 2.67 bits per heavy atom. The Hall–Kier alpha value is -1.15. The molecule has 0 aromatic carbocycles. The molecule has 1 saturated carbocycles. The van der Waals surface area contributed by atoms with E-state index in [-0.39, 0.29) is 6.10 Å². The zero-order chi connectivity index (χ0) is 13.0. The lowest BCUT2D eigenvalue weighted by molar-refractivity contribution is -0.110. The molecular weight excluding hydrogens is 252 g/mol. The first-order chi connectivity index (χ1) is 8.72. The fourth-order valence-electron chi connectivity index (χ4n) is 2.39. The lowest BCUT2D eigenvalue weighted by atomic mass is 9.95. The summed E-state index contributed by atoms with van der Waals surface area (Å²) in [5.41, 5.74) is 0.662. The van der Waals surface area contributed by atoms with Gasteiger partial charge >= 0.3 is 0 Å². The standard InChI is InChI=1S/C14H15ClO3/c15-14(17)12-8-4-5-10(9-16)13(12)18-11-6-2-1-3-7-11/h4-5,8,11,13H,1-3,6-7H2. The number of rotatable bonds is 3. The van der Waals surface area contributed by atoms with Gasteiger partial charge in [0.05, 0.1) is 11.7 Å². The number of hydrogen-bond donors (Lipinski definition) is 0. The monoisotopic (exact) mass is 266 g/mol. The number of carbonyl (C=O) groups excluding carboxylic acids is 2. The van der Waals surface area contributed by atoms with Crippen molar-refractivity contribution in [2.24, 2.45) is 0 Å². The van der Waals surface area contributed by atoms with E-state index in [0.717, 1.165) is 25.7 Å². The first-order valence-corrected chi connectivity index (χ1v) is 6.58. The molecule has 0 amide bonds. The minimum atomic E-state index is -0.652. The molecule has 18 heavy (non-hydrogen) atoms. The molecule has 0 radical (unpaired) electrons. The minimum Gasteiger partial charge on any atom is -0.365 e. The zero-order valence-electron chi connectivity index (χ0n) is 10.0. The average Bonchev–Trinajstić information content (AvgIpc) is 2.40. The van der Waals surface area contributed by atoms with E-state index in [1.54, 1.807) is 18.2 Å². The highest BCUT2D eigenvalue weighted by Crippen LogP contribution is 2.28. The maximum absolute atomic E-state index is 11.4. The number of ether oxygens (including phenoxy) is 1. The van der Waals surface area contributed by atoms with Crippen LogP contribution in [-0.2, 0) is 14.3 Å². The topological polar surface area (TPSA) is 43.4 Å². The molecule has 2 aliphatic carbocycles. The molecule has 0 bridgehead atoms. The fourth-order valence-corrected chi connectivity index (χ4v) is 2.56. The molecule has 96 valence electrons. The summed E-state index contributed by atoms with van der Waals surface area (Å²) in [6.45, 7) is 0. The largest absolute Gasteiger partial charge is 0.365 e. The molecule has 1 atom stereocenters. The molecule has 0 spiro atoms. The van der Waals surface area contributed by atoms with Crippen molar-refractivity contribution in [1.29, 1.82) is 0 Å². The van der Waals surface area contributed by atoms with Crippen molar-refractivity contribution in [3.63, 3.8) is 0 Å². The van der Waals surface area contributed by atoms with Crippen molar-refractivity contribution in [1.82, 2.24) is 0 Å². The van der Waals surface area contributed by atoms with Gasteiger partial charge in [0, 0.05) is 5.57 Å². The van der Waals surface area contributed by atoms with Crippen LogP contribution in [-0.4, -0.2) is 23.4 Å². The Balaban J connectivity index is 2.15. The van der Waals surface area contributed by atoms with Crippen LogP contribution in [0, 0.1) is 0 Å². The van der Waals surface area contributed by atoms with E-state index in [4.69, 9.17) is 16.3 Å². The Morgan fingerprint density at radius 2 is 2.06 bits per heavy atom. The van der Waals surface area contributed by atoms with Crippen LogP contribution in [0.4, 0.5) is 0 Å². The van der Waals surface area contributed by atoms with Crippen molar-refractivity contribution < 1.29 is 14.3 Å². The van der Waals surface area contributed by atoms with Gasteiger partial charge < -0.3 is 4.74 Å². The summed E-state index contributed by atoms with van der Waals surface area (Å²) >= 11 is 5.53. The summed E-state index contributed by atoms with van der Waals surface area (Å²) in [6, 6.07) is 0. The SMILES string of the molecule is O=C=C1C=CC=C(C(=O)Cl)C1OC1CCCCC1. The van der Waals surface area contributed by atoms with Crippen LogP contribution in [0.25, 0.3) is 0 Å². The second-order valence-electron chi connectivity index (χ2n) is 4.59. The van der Waals surface area contributed by atoms with Gasteiger partial charge in [0.15, 0.2) is 0 Å². The summed E-state index contributed by atoms with van der Waals surface area (Å²) < 4.78 is 5.89. The first-order valence-electron chi connectivity index (χ1n) is 6.21. The van der Waals surface area contributed by atoms with Gasteiger partial charge in [0.2, 0.25) is 0 Å². The molecule has 0 N–H and O–H groups in total. The predicted octanol–water partition coefficient (Wildman–Crippen LogP) is 2.72. The number of halogens is 1. The van der Waals surface area contributed by atoms with Gasteiger partial charge in [0.25, 0.3) is 5.24 Å². The van der Waals surface area contributed by atoms with Crippen LogP contribution in [0.3, 0.4) is 0 Å². The number of carbonyl (C=O) groups is 1. The van der Waals surface area contributed by atoms with Crippen LogP contribution >= 0.6 is 11.6 Å². The van der Waals surface area contributed by atoms with Gasteiger partial charge in [-0.2, -0.15) is 0 Å². The maximum atomic E-state index is 11.4. The fraction of sp³-hybridized carbons (Fsp3) is 0.500. The zero-order valence-corrected chi connectivity index (χ0v) is 10.8. The third kappa shape index (κ3) is 2.99. The van der Waals surface area contributed by atoms with Crippen LogP contribution in [0.1, 0.15) is 32.1 Å². The number of hydrogen-bond acceptors (Lipinski definition) is 3. The molecule has 0 aliphatic heterocycles. The van der Waals surface area contributed by atoms with Gasteiger partial charge in [-0.25, -0.2) is 4.79 Å². The maximum Gasteiger partial charge on any atom is 0.251 e. The van der Waals surface area contributed by atoms with Gasteiger partial charge in [-0.15, -0.1) is 0 Å². The molecule has 0 aromatic heterocycles. The summed E-state index contributed by atoms with van der Waals surface area (Å²) in [5.74, 6) is 1.83. The molecule has 0 aromatic rings. The van der Waals surface area contributed by atoms with Crippen LogP contribution in [0.15, 0.2) is 29.4 Å². The van der Waals surface area contributed by atoms with Crippen molar-refractivity contribution in [2.45, 2.75) is 44.3 Å². The second kappa shape index (κ2) is 6.14. The third-order valence-electron chi connectivity index (χ3n) is 3.34. The van der Waals surface area contributed by atoms with Crippen molar-refractivity contribution in [3.05, 3.63) is 29.4 Å². The molecule has 0 saturated heterocycles. The summed E-state index contributed by atoms with van der Waals surface area (Å²) in [7, 11) is 0. The van der Waals surface area contributed by atoms with Crippen LogP contribution in [0.2, 0.25) is 0 Å². The average molecular weight is 267 g/mol. The normalized spacial score (nSPS) is 24.6. The van der Waals surface area contributed by atoms with Gasteiger partial charge in [0.1, 0.15) is 12.0 Å². The van der Waals surface area contributed by atoms with Crippen molar-refractivity contribution in [2.75, 3.05) is 0 Å². The smallest absolute Gasteiger partial charge is 0.251 e. The summed E-state index contributed by atoms with van der Waals surface area (Å²) in [5, 5.41) is -0.576. The molecule has 1 fully saturated rings. The Kier molecular flexibility index (Phi) is 4.54. The molecule has 2 rings (SSSR count). The van der Waals surface area contributed by atoms with E-state index < -0.39 is 11.3 Å². The van der Waals surface area contributed by atoms with E-state index >= 15 is 0 Å². The highest BCUT2D eigenvalue weighted by Gasteiger charge is 2.29. The van der Waals surface area contributed by atoms with Crippen molar-refractivity contribution in [3.8, 4) is 0 Å². The minimum absolute atomic E-state index is 0.0954. The first kappa shape index (κ1) is 13.3. The molecule has 0 heterocycles. The van der Waals surface area contributed by atoms with E-state index in [9.17, 15) is 9.59 Å². The van der Waals surface area contributed by atoms with E-state index in [1.807, 2.05) is 5.94 Å². The van der Waals surface area contributed by atoms with E-state index in [0.29, 0.717) is 11.1 Å².